The number of para-hydroxylation sites is 1. The van der Waals surface area contributed by atoms with Crippen molar-refractivity contribution >= 4 is 21.9 Å². The monoisotopic (exact) mass is 328 g/mol. The Morgan fingerprint density at radius 1 is 1.37 bits per heavy atom. The summed E-state index contributed by atoms with van der Waals surface area (Å²) in [4.78, 5) is 35.6. The molecule has 0 aliphatic heterocycles. The number of aromatic nitrogens is 2. The SMILES string of the molecule is O=C(O)c1cn(-c2c(F)cccc2Br)c(=O)[nH]c1=O. The highest BCUT2D eigenvalue weighted by Crippen LogP contribution is 2.22. The highest BCUT2D eigenvalue weighted by molar-refractivity contribution is 9.10. The van der Waals surface area contributed by atoms with Gasteiger partial charge in [0.2, 0.25) is 0 Å². The Morgan fingerprint density at radius 3 is 2.63 bits per heavy atom. The number of H-pyrrole nitrogens is 1. The van der Waals surface area contributed by atoms with E-state index in [2.05, 4.69) is 15.9 Å². The largest absolute Gasteiger partial charge is 0.477 e. The predicted molar refractivity (Wildman–Crippen MR) is 67.3 cm³/mol. The molecule has 1 aromatic carbocycles. The summed E-state index contributed by atoms with van der Waals surface area (Å²) in [5.74, 6) is -2.25. The Bertz CT molecular complexity index is 761. The predicted octanol–water partition coefficient (Wildman–Crippen LogP) is 1.13. The van der Waals surface area contributed by atoms with Gasteiger partial charge in [-0.15, -0.1) is 0 Å². The Labute approximate surface area is 113 Å². The number of carboxylic acids is 1. The highest BCUT2D eigenvalue weighted by atomic mass is 79.9. The van der Waals surface area contributed by atoms with Gasteiger partial charge in [0.15, 0.2) is 0 Å². The molecule has 0 unspecified atom stereocenters. The minimum Gasteiger partial charge on any atom is -0.477 e. The van der Waals surface area contributed by atoms with Crippen LogP contribution in [-0.4, -0.2) is 20.6 Å². The van der Waals surface area contributed by atoms with Gasteiger partial charge in [-0.3, -0.25) is 14.3 Å². The Hall–Kier alpha value is -2.22. The van der Waals surface area contributed by atoms with E-state index in [0.717, 1.165) is 16.8 Å². The normalized spacial score (nSPS) is 10.4. The van der Waals surface area contributed by atoms with Crippen molar-refractivity contribution < 1.29 is 14.3 Å². The average molecular weight is 329 g/mol. The lowest BCUT2D eigenvalue weighted by Crippen LogP contribution is -2.33. The molecule has 1 aromatic heterocycles. The summed E-state index contributed by atoms with van der Waals surface area (Å²) >= 11 is 3.06. The second-order valence-corrected chi connectivity index (χ2v) is 4.40. The van der Waals surface area contributed by atoms with E-state index in [1.165, 1.54) is 12.1 Å². The van der Waals surface area contributed by atoms with Gasteiger partial charge in [0.25, 0.3) is 5.56 Å². The fraction of sp³-hybridized carbons (Fsp3) is 0. The first-order valence-electron chi connectivity index (χ1n) is 4.95. The standard InChI is InChI=1S/C11H6BrFN2O4/c12-6-2-1-3-7(13)8(6)15-4-5(10(17)18)9(16)14-11(15)19/h1-4H,(H,17,18)(H,14,16,19). The van der Waals surface area contributed by atoms with Crippen molar-refractivity contribution in [3.05, 3.63) is 61.1 Å². The van der Waals surface area contributed by atoms with Crippen LogP contribution < -0.4 is 11.2 Å². The summed E-state index contributed by atoms with van der Waals surface area (Å²) in [7, 11) is 0. The molecule has 98 valence electrons. The second kappa shape index (κ2) is 4.81. The molecular weight excluding hydrogens is 323 g/mol. The topological polar surface area (TPSA) is 92.2 Å². The Balaban J connectivity index is 2.84. The summed E-state index contributed by atoms with van der Waals surface area (Å²) < 4.78 is 14.7. The van der Waals surface area contributed by atoms with Crippen LogP contribution in [0.1, 0.15) is 10.4 Å². The third-order valence-corrected chi connectivity index (χ3v) is 2.99. The van der Waals surface area contributed by atoms with Gasteiger partial charge in [0, 0.05) is 10.7 Å². The first kappa shape index (κ1) is 13.2. The quantitative estimate of drug-likeness (QED) is 0.864. The molecule has 0 aliphatic rings. The molecule has 2 N–H and O–H groups in total. The number of hydrogen-bond donors (Lipinski definition) is 2. The van der Waals surface area contributed by atoms with Gasteiger partial charge in [-0.05, 0) is 28.1 Å². The van der Waals surface area contributed by atoms with Crippen LogP contribution >= 0.6 is 15.9 Å². The first-order valence-corrected chi connectivity index (χ1v) is 5.75. The lowest BCUT2D eigenvalue weighted by atomic mass is 10.3. The molecule has 0 bridgehead atoms. The van der Waals surface area contributed by atoms with Gasteiger partial charge in [-0.25, -0.2) is 14.0 Å². The molecule has 0 atom stereocenters. The minimum absolute atomic E-state index is 0.175. The number of carbonyl (C=O) groups is 1. The fourth-order valence-electron chi connectivity index (χ4n) is 1.51. The smallest absolute Gasteiger partial charge is 0.342 e. The van der Waals surface area contributed by atoms with Crippen molar-refractivity contribution in [1.82, 2.24) is 9.55 Å². The van der Waals surface area contributed by atoms with Gasteiger partial charge in [-0.1, -0.05) is 6.07 Å². The summed E-state index contributed by atoms with van der Waals surface area (Å²) in [6, 6.07) is 4.01. The fourth-order valence-corrected chi connectivity index (χ4v) is 2.04. The zero-order valence-electron chi connectivity index (χ0n) is 9.18. The number of aromatic amines is 1. The van der Waals surface area contributed by atoms with Crippen LogP contribution in [0.2, 0.25) is 0 Å². The number of halogens is 2. The van der Waals surface area contributed by atoms with Crippen LogP contribution in [0.5, 0.6) is 0 Å². The van der Waals surface area contributed by atoms with Crippen LogP contribution in [0.3, 0.4) is 0 Å². The summed E-state index contributed by atoms with van der Waals surface area (Å²) in [5, 5.41) is 8.83. The molecule has 6 nitrogen and oxygen atoms in total. The Morgan fingerprint density at radius 2 is 2.05 bits per heavy atom. The lowest BCUT2D eigenvalue weighted by Gasteiger charge is -2.09. The number of aromatic carboxylic acids is 1. The van der Waals surface area contributed by atoms with Crippen LogP contribution in [0.25, 0.3) is 5.69 Å². The third kappa shape index (κ3) is 2.34. The second-order valence-electron chi connectivity index (χ2n) is 3.55. The highest BCUT2D eigenvalue weighted by Gasteiger charge is 2.16. The van der Waals surface area contributed by atoms with Gasteiger partial charge < -0.3 is 5.11 Å². The minimum atomic E-state index is -1.51. The van der Waals surface area contributed by atoms with E-state index in [-0.39, 0.29) is 10.2 Å². The van der Waals surface area contributed by atoms with Gasteiger partial charge in [0.05, 0.1) is 0 Å². The maximum absolute atomic E-state index is 13.7. The van der Waals surface area contributed by atoms with E-state index in [1.807, 2.05) is 4.98 Å². The molecule has 0 radical (unpaired) electrons. The molecule has 1 heterocycles. The molecule has 0 aliphatic carbocycles. The van der Waals surface area contributed by atoms with Gasteiger partial charge >= 0.3 is 11.7 Å². The van der Waals surface area contributed by atoms with E-state index < -0.39 is 28.6 Å². The first-order chi connectivity index (χ1) is 8.91. The van der Waals surface area contributed by atoms with E-state index in [0.29, 0.717) is 0 Å². The molecule has 19 heavy (non-hydrogen) atoms. The Kier molecular flexibility index (Phi) is 3.34. The molecule has 0 fully saturated rings. The van der Waals surface area contributed by atoms with Crippen molar-refractivity contribution in [2.45, 2.75) is 0 Å². The number of rotatable bonds is 2. The molecule has 0 spiro atoms. The van der Waals surface area contributed by atoms with Crippen LogP contribution in [-0.2, 0) is 0 Å². The maximum atomic E-state index is 13.7. The number of nitrogens with zero attached hydrogens (tertiary/aromatic N) is 1. The summed E-state index contributed by atoms with van der Waals surface area (Å²) in [5.41, 5.74) is -2.80. The van der Waals surface area contributed by atoms with Crippen molar-refractivity contribution in [3.63, 3.8) is 0 Å². The average Bonchev–Trinajstić information content (AvgIpc) is 2.30. The van der Waals surface area contributed by atoms with Crippen LogP contribution in [0.4, 0.5) is 4.39 Å². The van der Waals surface area contributed by atoms with Gasteiger partial charge in [-0.2, -0.15) is 0 Å². The molecule has 0 saturated heterocycles. The van der Waals surface area contributed by atoms with Crippen LogP contribution in [0, 0.1) is 5.82 Å². The molecule has 2 rings (SSSR count). The van der Waals surface area contributed by atoms with E-state index in [4.69, 9.17) is 5.11 Å². The van der Waals surface area contributed by atoms with Gasteiger partial charge in [0.1, 0.15) is 17.1 Å². The van der Waals surface area contributed by atoms with E-state index in [1.54, 1.807) is 0 Å². The number of carboxylic acid groups (broad SMARTS) is 1. The molecule has 2 aromatic rings. The summed E-state index contributed by atoms with van der Waals surface area (Å²) in [6.07, 6.45) is 0.784. The number of hydrogen-bond acceptors (Lipinski definition) is 3. The molecule has 0 amide bonds. The number of benzene rings is 1. The molecular formula is C11H6BrFN2O4. The van der Waals surface area contributed by atoms with Crippen LogP contribution in [0.15, 0.2) is 38.5 Å². The number of nitrogens with one attached hydrogen (secondary N) is 1. The lowest BCUT2D eigenvalue weighted by molar-refractivity contribution is 0.0694. The van der Waals surface area contributed by atoms with E-state index >= 15 is 0 Å². The zero-order chi connectivity index (χ0) is 14.2. The molecule has 8 heteroatoms. The van der Waals surface area contributed by atoms with E-state index in [9.17, 15) is 18.8 Å². The summed E-state index contributed by atoms with van der Waals surface area (Å²) in [6.45, 7) is 0. The van der Waals surface area contributed by atoms with Crippen molar-refractivity contribution in [3.8, 4) is 5.69 Å². The zero-order valence-corrected chi connectivity index (χ0v) is 10.8. The van der Waals surface area contributed by atoms with Crippen molar-refractivity contribution in [1.29, 1.82) is 0 Å². The van der Waals surface area contributed by atoms with Crippen molar-refractivity contribution in [2.75, 3.05) is 0 Å². The molecule has 0 saturated carbocycles. The van der Waals surface area contributed by atoms with Crippen molar-refractivity contribution in [2.24, 2.45) is 0 Å². The maximum Gasteiger partial charge on any atom is 0.342 e. The third-order valence-electron chi connectivity index (χ3n) is 2.35.